The minimum absolute atomic E-state index is 0.369. The van der Waals surface area contributed by atoms with E-state index >= 15 is 0 Å². The lowest BCUT2D eigenvalue weighted by Crippen LogP contribution is -2.31. The van der Waals surface area contributed by atoms with Crippen LogP contribution < -0.4 is 0 Å². The summed E-state index contributed by atoms with van der Waals surface area (Å²) in [6.07, 6.45) is -1.90. The lowest BCUT2D eigenvalue weighted by molar-refractivity contribution is -0.161. The highest BCUT2D eigenvalue weighted by Gasteiger charge is 2.44. The van der Waals surface area contributed by atoms with Gasteiger partial charge < -0.3 is 14.9 Å². The highest BCUT2D eigenvalue weighted by molar-refractivity contribution is 5.90. The molecule has 1 aliphatic heterocycles. The number of ether oxygens (including phenoxy) is 1. The first-order chi connectivity index (χ1) is 5.52. The monoisotopic (exact) mass is 174 g/mol. The molecule has 0 bridgehead atoms. The van der Waals surface area contributed by atoms with Gasteiger partial charge in [0.15, 0.2) is 0 Å². The predicted octanol–water partition coefficient (Wildman–Crippen LogP) is -0.913. The maximum absolute atomic E-state index is 10.5. The van der Waals surface area contributed by atoms with E-state index in [9.17, 15) is 14.4 Å². The summed E-state index contributed by atoms with van der Waals surface area (Å²) in [5.41, 5.74) is 0. The van der Waals surface area contributed by atoms with Crippen LogP contribution in [-0.4, -0.2) is 34.2 Å². The summed E-state index contributed by atoms with van der Waals surface area (Å²) in [6.45, 7) is 0. The van der Waals surface area contributed by atoms with E-state index in [4.69, 9.17) is 10.2 Å². The Bertz CT molecular complexity index is 220. The Balaban J connectivity index is 2.79. The first-order valence-corrected chi connectivity index (χ1v) is 3.17. The summed E-state index contributed by atoms with van der Waals surface area (Å²) in [5.74, 6) is -4.79. The van der Waals surface area contributed by atoms with Crippen LogP contribution in [0.2, 0.25) is 0 Å². The van der Waals surface area contributed by atoms with E-state index in [0.717, 1.165) is 0 Å². The number of esters is 1. The van der Waals surface area contributed by atoms with Crippen molar-refractivity contribution in [1.29, 1.82) is 0 Å². The third-order valence-electron chi connectivity index (χ3n) is 1.57. The summed E-state index contributed by atoms with van der Waals surface area (Å²) in [5, 5.41) is 16.9. The second-order valence-corrected chi connectivity index (χ2v) is 2.40. The van der Waals surface area contributed by atoms with Crippen LogP contribution in [0.25, 0.3) is 0 Å². The second kappa shape index (κ2) is 2.80. The fourth-order valence-electron chi connectivity index (χ4n) is 0.998. The van der Waals surface area contributed by atoms with Crippen molar-refractivity contribution in [3.8, 4) is 0 Å². The molecule has 1 fully saturated rings. The van der Waals surface area contributed by atoms with Crippen molar-refractivity contribution >= 4 is 17.9 Å². The molecule has 12 heavy (non-hydrogen) atoms. The van der Waals surface area contributed by atoms with Gasteiger partial charge in [-0.1, -0.05) is 0 Å². The minimum atomic E-state index is -1.53. The molecular weight excluding hydrogens is 168 g/mol. The molecule has 0 aromatic heterocycles. The average Bonchev–Trinajstić information content (AvgIpc) is 2.31. The number of carbonyl (C=O) groups excluding carboxylic acids is 1. The molecule has 1 heterocycles. The molecule has 1 saturated heterocycles. The number of cyclic esters (lactones) is 1. The lowest BCUT2D eigenvalue weighted by Gasteiger charge is -2.07. The van der Waals surface area contributed by atoms with Gasteiger partial charge in [0, 0.05) is 0 Å². The SMILES string of the molecule is O=C1C[C@H](C(=O)O)[C@H](C(=O)O)O1. The van der Waals surface area contributed by atoms with Crippen LogP contribution in [0.15, 0.2) is 0 Å². The zero-order valence-electron chi connectivity index (χ0n) is 5.89. The van der Waals surface area contributed by atoms with E-state index in [-0.39, 0.29) is 6.42 Å². The van der Waals surface area contributed by atoms with Crippen LogP contribution in [0.5, 0.6) is 0 Å². The normalized spacial score (nSPS) is 28.2. The molecule has 2 N–H and O–H groups in total. The van der Waals surface area contributed by atoms with Crippen molar-refractivity contribution in [2.24, 2.45) is 5.92 Å². The van der Waals surface area contributed by atoms with Gasteiger partial charge in [0.25, 0.3) is 0 Å². The van der Waals surface area contributed by atoms with Gasteiger partial charge in [-0.05, 0) is 0 Å². The average molecular weight is 174 g/mol. The van der Waals surface area contributed by atoms with Crippen LogP contribution in [-0.2, 0) is 19.1 Å². The zero-order valence-corrected chi connectivity index (χ0v) is 5.89. The fraction of sp³-hybridized carbons (Fsp3) is 0.500. The first kappa shape index (κ1) is 8.51. The van der Waals surface area contributed by atoms with Crippen LogP contribution in [0, 0.1) is 5.92 Å². The number of carboxylic acid groups (broad SMARTS) is 2. The largest absolute Gasteiger partial charge is 0.481 e. The van der Waals surface area contributed by atoms with Gasteiger partial charge in [-0.15, -0.1) is 0 Å². The Morgan fingerprint density at radius 3 is 2.25 bits per heavy atom. The van der Waals surface area contributed by atoms with Gasteiger partial charge in [-0.2, -0.15) is 0 Å². The van der Waals surface area contributed by atoms with E-state index in [0.29, 0.717) is 0 Å². The Morgan fingerprint density at radius 2 is 1.92 bits per heavy atom. The van der Waals surface area contributed by atoms with E-state index in [1.807, 2.05) is 0 Å². The summed E-state index contributed by atoms with van der Waals surface area (Å²) < 4.78 is 4.28. The van der Waals surface area contributed by atoms with E-state index in [2.05, 4.69) is 4.74 Å². The van der Waals surface area contributed by atoms with Crippen molar-refractivity contribution in [3.05, 3.63) is 0 Å². The van der Waals surface area contributed by atoms with E-state index in [1.54, 1.807) is 0 Å². The first-order valence-electron chi connectivity index (χ1n) is 3.17. The molecule has 0 aromatic rings. The van der Waals surface area contributed by atoms with Crippen molar-refractivity contribution in [2.75, 3.05) is 0 Å². The fourth-order valence-corrected chi connectivity index (χ4v) is 0.998. The van der Waals surface area contributed by atoms with Gasteiger partial charge in [0.1, 0.15) is 5.92 Å². The molecule has 1 rings (SSSR count). The topological polar surface area (TPSA) is 101 Å². The Kier molecular flexibility index (Phi) is 1.99. The Labute approximate surface area is 66.7 Å². The minimum Gasteiger partial charge on any atom is -0.481 e. The molecule has 0 saturated carbocycles. The number of aliphatic carboxylic acids is 2. The molecule has 0 aromatic carbocycles. The smallest absolute Gasteiger partial charge is 0.345 e. The van der Waals surface area contributed by atoms with Gasteiger partial charge in [-0.25, -0.2) is 4.79 Å². The highest BCUT2D eigenvalue weighted by atomic mass is 16.6. The predicted molar refractivity (Wildman–Crippen MR) is 33.3 cm³/mol. The van der Waals surface area contributed by atoms with Crippen LogP contribution in [0.4, 0.5) is 0 Å². The van der Waals surface area contributed by atoms with E-state index in [1.165, 1.54) is 0 Å². The molecular formula is C6H6O6. The van der Waals surface area contributed by atoms with Crippen molar-refractivity contribution in [1.82, 2.24) is 0 Å². The third-order valence-corrected chi connectivity index (χ3v) is 1.57. The summed E-state index contributed by atoms with van der Waals surface area (Å²) in [4.78, 5) is 31.2. The lowest BCUT2D eigenvalue weighted by atomic mass is 10.0. The Hall–Kier alpha value is -1.59. The maximum Gasteiger partial charge on any atom is 0.345 e. The molecule has 66 valence electrons. The second-order valence-electron chi connectivity index (χ2n) is 2.40. The number of rotatable bonds is 2. The summed E-state index contributed by atoms with van der Waals surface area (Å²) in [6, 6.07) is 0. The molecule has 1 aliphatic rings. The zero-order chi connectivity index (χ0) is 9.30. The molecule has 6 nitrogen and oxygen atoms in total. The summed E-state index contributed by atoms with van der Waals surface area (Å²) >= 11 is 0. The van der Waals surface area contributed by atoms with Gasteiger partial charge in [-0.3, -0.25) is 9.59 Å². The standard InChI is InChI=1S/C6H6O6/c7-3-1-2(5(8)9)4(12-3)6(10)11/h2,4H,1H2,(H,8,9)(H,10,11)/t2-,4+/m0/s1. The number of hydrogen-bond donors (Lipinski definition) is 2. The molecule has 2 atom stereocenters. The number of hydrogen-bond acceptors (Lipinski definition) is 4. The summed E-state index contributed by atoms with van der Waals surface area (Å²) in [7, 11) is 0. The van der Waals surface area contributed by atoms with Crippen LogP contribution in [0.3, 0.4) is 0 Å². The van der Waals surface area contributed by atoms with Gasteiger partial charge >= 0.3 is 17.9 Å². The molecule has 0 amide bonds. The van der Waals surface area contributed by atoms with Gasteiger partial charge in [0.2, 0.25) is 6.10 Å². The van der Waals surface area contributed by atoms with Crippen LogP contribution in [0.1, 0.15) is 6.42 Å². The number of carbonyl (C=O) groups is 3. The molecule has 0 unspecified atom stereocenters. The van der Waals surface area contributed by atoms with Crippen molar-refractivity contribution in [2.45, 2.75) is 12.5 Å². The Morgan fingerprint density at radius 1 is 1.33 bits per heavy atom. The molecule has 0 spiro atoms. The molecule has 0 aliphatic carbocycles. The maximum atomic E-state index is 10.5. The molecule has 0 radical (unpaired) electrons. The highest BCUT2D eigenvalue weighted by Crippen LogP contribution is 2.22. The van der Waals surface area contributed by atoms with Crippen molar-refractivity contribution < 1.29 is 29.3 Å². The van der Waals surface area contributed by atoms with Gasteiger partial charge in [0.05, 0.1) is 6.42 Å². The van der Waals surface area contributed by atoms with Crippen LogP contribution >= 0.6 is 0 Å². The van der Waals surface area contributed by atoms with E-state index < -0.39 is 29.9 Å². The number of carboxylic acids is 2. The quantitative estimate of drug-likeness (QED) is 0.525. The van der Waals surface area contributed by atoms with Crippen molar-refractivity contribution in [3.63, 3.8) is 0 Å². The third kappa shape index (κ3) is 1.36. The molecule has 6 heteroatoms.